The lowest BCUT2D eigenvalue weighted by molar-refractivity contribution is -0.384. The average Bonchev–Trinajstić information content (AvgIpc) is 2.39. The summed E-state index contributed by atoms with van der Waals surface area (Å²) in [5, 5.41) is 11.1. The molecule has 19 heavy (non-hydrogen) atoms. The van der Waals surface area contributed by atoms with Crippen LogP contribution < -0.4 is 4.52 Å². The topological polar surface area (TPSA) is 78.7 Å². The Kier molecular flexibility index (Phi) is 5.97. The van der Waals surface area contributed by atoms with Gasteiger partial charge in [0.15, 0.2) is 0 Å². The molecule has 0 aliphatic heterocycles. The first-order chi connectivity index (χ1) is 8.90. The van der Waals surface area contributed by atoms with Gasteiger partial charge in [0.2, 0.25) is 0 Å². The number of alkyl halides is 1. The first-order valence-electron chi connectivity index (χ1n) is 5.67. The number of nitro benzene ring substituents is 1. The van der Waals surface area contributed by atoms with Gasteiger partial charge in [0, 0.05) is 17.5 Å². The van der Waals surface area contributed by atoms with E-state index in [9.17, 15) is 14.7 Å². The van der Waals surface area contributed by atoms with Crippen LogP contribution in [0, 0.1) is 10.1 Å². The molecule has 0 bridgehead atoms. The summed E-state index contributed by atoms with van der Waals surface area (Å²) in [5.74, 6) is 0.289. The maximum Gasteiger partial charge on any atom is 0.379 e. The Bertz CT molecular complexity index is 478. The van der Waals surface area contributed by atoms with Crippen LogP contribution in [0.4, 0.5) is 5.69 Å². The van der Waals surface area contributed by atoms with Gasteiger partial charge in [0.05, 0.1) is 17.2 Å². The number of nitro groups is 1. The molecule has 0 saturated heterocycles. The third-order valence-corrected chi connectivity index (χ3v) is 5.09. The Morgan fingerprint density at radius 1 is 1.42 bits per heavy atom. The molecule has 1 aromatic rings. The molecule has 0 heterocycles. The standard InChI is InChI=1S/C11H15BrNO5P/c1-3-19(16,17-9(2)8-12)18-11-6-4-10(5-7-11)13(14)15/h4-7,9H,3,8H2,1-2H3. The molecule has 0 saturated carbocycles. The van der Waals surface area contributed by atoms with Crippen molar-refractivity contribution in [2.24, 2.45) is 0 Å². The summed E-state index contributed by atoms with van der Waals surface area (Å²) < 4.78 is 23.1. The zero-order valence-corrected chi connectivity index (χ0v) is 13.1. The highest BCUT2D eigenvalue weighted by Crippen LogP contribution is 2.49. The van der Waals surface area contributed by atoms with Gasteiger partial charge in [0.25, 0.3) is 5.69 Å². The van der Waals surface area contributed by atoms with Crippen LogP contribution in [-0.2, 0) is 9.09 Å². The normalized spacial score (nSPS) is 15.5. The van der Waals surface area contributed by atoms with Gasteiger partial charge < -0.3 is 4.52 Å². The van der Waals surface area contributed by atoms with E-state index in [2.05, 4.69) is 15.9 Å². The van der Waals surface area contributed by atoms with Crippen LogP contribution in [0.3, 0.4) is 0 Å². The van der Waals surface area contributed by atoms with E-state index in [4.69, 9.17) is 9.05 Å². The van der Waals surface area contributed by atoms with Crippen LogP contribution in [0.1, 0.15) is 13.8 Å². The Balaban J connectivity index is 2.80. The summed E-state index contributed by atoms with van der Waals surface area (Å²) in [7, 11) is -3.23. The summed E-state index contributed by atoms with van der Waals surface area (Å²) in [4.78, 5) is 10.0. The molecule has 106 valence electrons. The minimum Gasteiger partial charge on any atom is -0.424 e. The number of hydrogen-bond acceptors (Lipinski definition) is 5. The Labute approximate surface area is 119 Å². The maximum absolute atomic E-state index is 12.3. The van der Waals surface area contributed by atoms with Gasteiger partial charge in [-0.25, -0.2) is 4.57 Å². The van der Waals surface area contributed by atoms with Crippen molar-refractivity contribution < 1.29 is 18.5 Å². The lowest BCUT2D eigenvalue weighted by atomic mass is 10.3. The number of non-ortho nitro benzene ring substituents is 1. The summed E-state index contributed by atoms with van der Waals surface area (Å²) in [5.41, 5.74) is -0.0478. The average molecular weight is 352 g/mol. The zero-order valence-electron chi connectivity index (χ0n) is 10.6. The van der Waals surface area contributed by atoms with E-state index < -0.39 is 12.5 Å². The SMILES string of the molecule is CCP(=O)(Oc1ccc([N+](=O)[O-])cc1)OC(C)CBr. The smallest absolute Gasteiger partial charge is 0.379 e. The fourth-order valence-corrected chi connectivity index (χ4v) is 2.98. The number of halogens is 1. The van der Waals surface area contributed by atoms with Crippen LogP contribution in [0.2, 0.25) is 0 Å². The second-order valence-corrected chi connectivity index (χ2v) is 6.73. The molecule has 0 aliphatic rings. The number of benzene rings is 1. The summed E-state index contributed by atoms with van der Waals surface area (Å²) in [6.07, 6.45) is -0.0229. The second kappa shape index (κ2) is 7.03. The van der Waals surface area contributed by atoms with Gasteiger partial charge in [-0.05, 0) is 19.1 Å². The number of nitrogens with zero attached hydrogens (tertiary/aromatic N) is 1. The summed E-state index contributed by atoms with van der Waals surface area (Å²) in [6, 6.07) is 5.40. The van der Waals surface area contributed by atoms with Crippen LogP contribution in [0.25, 0.3) is 0 Å². The molecule has 0 aromatic heterocycles. The first-order valence-corrected chi connectivity index (χ1v) is 8.52. The van der Waals surface area contributed by atoms with Gasteiger partial charge in [0.1, 0.15) is 5.75 Å². The van der Waals surface area contributed by atoms with Crippen molar-refractivity contribution in [2.75, 3.05) is 11.5 Å². The van der Waals surface area contributed by atoms with E-state index >= 15 is 0 Å². The summed E-state index contributed by atoms with van der Waals surface area (Å²) in [6.45, 7) is 3.48. The third-order valence-electron chi connectivity index (χ3n) is 2.24. The lowest BCUT2D eigenvalue weighted by Gasteiger charge is -2.20. The second-order valence-electron chi connectivity index (χ2n) is 3.84. The molecule has 0 fully saturated rings. The highest BCUT2D eigenvalue weighted by atomic mass is 79.9. The van der Waals surface area contributed by atoms with E-state index in [1.54, 1.807) is 13.8 Å². The van der Waals surface area contributed by atoms with Crippen molar-refractivity contribution in [3.63, 3.8) is 0 Å². The molecule has 0 N–H and O–H groups in total. The minimum atomic E-state index is -3.23. The van der Waals surface area contributed by atoms with Crippen LogP contribution in [0.5, 0.6) is 5.75 Å². The molecule has 2 atom stereocenters. The minimum absolute atomic E-state index is 0.0478. The molecule has 0 radical (unpaired) electrons. The van der Waals surface area contributed by atoms with Gasteiger partial charge in [-0.2, -0.15) is 0 Å². The van der Waals surface area contributed by atoms with Gasteiger partial charge in [-0.15, -0.1) is 0 Å². The van der Waals surface area contributed by atoms with Crippen LogP contribution in [-0.4, -0.2) is 22.5 Å². The van der Waals surface area contributed by atoms with Crippen molar-refractivity contribution in [1.29, 1.82) is 0 Å². The molecule has 1 aromatic carbocycles. The van der Waals surface area contributed by atoms with E-state index in [-0.39, 0.29) is 23.7 Å². The number of rotatable bonds is 7. The van der Waals surface area contributed by atoms with Crippen LogP contribution >= 0.6 is 23.5 Å². The van der Waals surface area contributed by atoms with E-state index in [1.807, 2.05) is 0 Å². The highest BCUT2D eigenvalue weighted by Gasteiger charge is 2.26. The zero-order chi connectivity index (χ0) is 14.5. The fraction of sp³-hybridized carbons (Fsp3) is 0.455. The third kappa shape index (κ3) is 4.93. The van der Waals surface area contributed by atoms with Gasteiger partial charge >= 0.3 is 7.60 Å². The fourth-order valence-electron chi connectivity index (χ4n) is 1.25. The van der Waals surface area contributed by atoms with Gasteiger partial charge in [-0.1, -0.05) is 22.9 Å². The highest BCUT2D eigenvalue weighted by molar-refractivity contribution is 9.09. The molecule has 6 nitrogen and oxygen atoms in total. The molecule has 0 amide bonds. The monoisotopic (exact) mass is 351 g/mol. The van der Waals surface area contributed by atoms with Crippen molar-refractivity contribution in [3.05, 3.63) is 34.4 Å². The molecular formula is C11H15BrNO5P. The molecule has 0 spiro atoms. The van der Waals surface area contributed by atoms with Crippen molar-refractivity contribution >= 4 is 29.2 Å². The van der Waals surface area contributed by atoms with E-state index in [1.165, 1.54) is 24.3 Å². The van der Waals surface area contributed by atoms with E-state index in [0.717, 1.165) is 0 Å². The van der Waals surface area contributed by atoms with Crippen molar-refractivity contribution in [3.8, 4) is 5.75 Å². The first kappa shape index (κ1) is 16.1. The quantitative estimate of drug-likeness (QED) is 0.321. The Morgan fingerprint density at radius 3 is 2.42 bits per heavy atom. The van der Waals surface area contributed by atoms with Crippen molar-refractivity contribution in [1.82, 2.24) is 0 Å². The Hall–Kier alpha value is -0.910. The predicted molar refractivity (Wildman–Crippen MR) is 76.2 cm³/mol. The molecular weight excluding hydrogens is 337 g/mol. The summed E-state index contributed by atoms with van der Waals surface area (Å²) >= 11 is 3.23. The molecule has 2 unspecified atom stereocenters. The molecule has 1 rings (SSSR count). The van der Waals surface area contributed by atoms with E-state index in [0.29, 0.717) is 5.33 Å². The lowest BCUT2D eigenvalue weighted by Crippen LogP contribution is -2.11. The largest absolute Gasteiger partial charge is 0.424 e. The van der Waals surface area contributed by atoms with Crippen molar-refractivity contribution in [2.45, 2.75) is 20.0 Å². The maximum atomic E-state index is 12.3. The predicted octanol–water partition coefficient (Wildman–Crippen LogP) is 3.99. The molecule has 0 aliphatic carbocycles. The molecule has 8 heteroatoms. The van der Waals surface area contributed by atoms with Crippen LogP contribution in [0.15, 0.2) is 24.3 Å². The Morgan fingerprint density at radius 2 is 2.00 bits per heavy atom. The van der Waals surface area contributed by atoms with Gasteiger partial charge in [-0.3, -0.25) is 14.6 Å². The number of hydrogen-bond donors (Lipinski definition) is 0.